The standard InChI is InChI=1S/C8H16ClNO2S/c1-10(13(11,12)7-9)6-8-4-2-3-5-8/h8H,2-7H2,1H3. The molecule has 0 N–H and O–H groups in total. The van der Waals surface area contributed by atoms with Crippen molar-refractivity contribution in [2.24, 2.45) is 5.92 Å². The molecule has 0 aromatic carbocycles. The minimum atomic E-state index is -3.19. The molecule has 1 aliphatic carbocycles. The summed E-state index contributed by atoms with van der Waals surface area (Å²) in [7, 11) is -1.58. The molecule has 0 bridgehead atoms. The van der Waals surface area contributed by atoms with Gasteiger partial charge in [0.15, 0.2) is 0 Å². The van der Waals surface area contributed by atoms with Gasteiger partial charge in [0.25, 0.3) is 0 Å². The summed E-state index contributed by atoms with van der Waals surface area (Å²) < 4.78 is 23.9. The van der Waals surface area contributed by atoms with Crippen molar-refractivity contribution < 1.29 is 8.42 Å². The molecule has 0 aromatic rings. The van der Waals surface area contributed by atoms with E-state index in [4.69, 9.17) is 11.6 Å². The first kappa shape index (κ1) is 11.3. The fraction of sp³-hybridized carbons (Fsp3) is 1.00. The second kappa shape index (κ2) is 4.62. The Balaban J connectivity index is 2.44. The largest absolute Gasteiger partial charge is 0.227 e. The zero-order valence-electron chi connectivity index (χ0n) is 7.87. The van der Waals surface area contributed by atoms with Crippen molar-refractivity contribution in [3.63, 3.8) is 0 Å². The zero-order valence-corrected chi connectivity index (χ0v) is 9.44. The van der Waals surface area contributed by atoms with Crippen molar-refractivity contribution in [2.75, 3.05) is 18.8 Å². The molecule has 13 heavy (non-hydrogen) atoms. The summed E-state index contributed by atoms with van der Waals surface area (Å²) in [4.78, 5) is 0. The van der Waals surface area contributed by atoms with Gasteiger partial charge in [-0.1, -0.05) is 12.8 Å². The Morgan fingerprint density at radius 2 is 1.92 bits per heavy atom. The minimum absolute atomic E-state index is 0.309. The van der Waals surface area contributed by atoms with Crippen LogP contribution in [0.1, 0.15) is 25.7 Å². The van der Waals surface area contributed by atoms with Gasteiger partial charge in [0.05, 0.1) is 0 Å². The smallest absolute Gasteiger partial charge is 0.211 e. The van der Waals surface area contributed by atoms with Crippen LogP contribution in [0.3, 0.4) is 0 Å². The number of sulfonamides is 1. The van der Waals surface area contributed by atoms with Crippen LogP contribution >= 0.6 is 11.6 Å². The Bertz CT molecular complexity index is 247. The van der Waals surface area contributed by atoms with Crippen molar-refractivity contribution in [1.29, 1.82) is 0 Å². The van der Waals surface area contributed by atoms with Crippen LogP contribution in [0, 0.1) is 5.92 Å². The number of alkyl halides is 1. The van der Waals surface area contributed by atoms with E-state index in [-0.39, 0.29) is 5.21 Å². The summed E-state index contributed by atoms with van der Waals surface area (Å²) in [6, 6.07) is 0. The van der Waals surface area contributed by atoms with Gasteiger partial charge in [-0.05, 0) is 18.8 Å². The van der Waals surface area contributed by atoms with Gasteiger partial charge in [0.1, 0.15) is 5.21 Å². The molecule has 0 spiro atoms. The Morgan fingerprint density at radius 3 is 2.38 bits per heavy atom. The Labute approximate surface area is 85.1 Å². The molecule has 0 heterocycles. The second-order valence-electron chi connectivity index (χ2n) is 3.65. The Morgan fingerprint density at radius 1 is 1.38 bits per heavy atom. The molecule has 1 aliphatic rings. The molecule has 0 aromatic heterocycles. The molecule has 1 fully saturated rings. The molecule has 1 saturated carbocycles. The quantitative estimate of drug-likeness (QED) is 0.683. The molecule has 0 aliphatic heterocycles. The first-order chi connectivity index (χ1) is 6.06. The first-order valence-corrected chi connectivity index (χ1v) is 6.70. The maximum Gasteiger partial charge on any atom is 0.227 e. The molecule has 1 rings (SSSR count). The predicted octanol–water partition coefficient (Wildman–Crippen LogP) is 1.63. The van der Waals surface area contributed by atoms with Gasteiger partial charge in [-0.2, -0.15) is 0 Å². The van der Waals surface area contributed by atoms with E-state index in [0.29, 0.717) is 12.5 Å². The second-order valence-corrected chi connectivity index (χ2v) is 6.31. The average Bonchev–Trinajstić information content (AvgIpc) is 2.57. The van der Waals surface area contributed by atoms with E-state index in [0.717, 1.165) is 12.8 Å². The summed E-state index contributed by atoms with van der Waals surface area (Å²) in [6.07, 6.45) is 4.78. The normalized spacial score (nSPS) is 19.9. The van der Waals surface area contributed by atoms with Crippen molar-refractivity contribution in [3.8, 4) is 0 Å². The fourth-order valence-electron chi connectivity index (χ4n) is 1.75. The highest BCUT2D eigenvalue weighted by Crippen LogP contribution is 2.25. The molecule has 0 amide bonds. The molecule has 78 valence electrons. The van der Waals surface area contributed by atoms with Crippen LogP contribution in [0.5, 0.6) is 0 Å². The van der Waals surface area contributed by atoms with Gasteiger partial charge in [0.2, 0.25) is 10.0 Å². The third-order valence-corrected chi connectivity index (χ3v) is 4.80. The topological polar surface area (TPSA) is 37.4 Å². The molecule has 5 heteroatoms. The SMILES string of the molecule is CN(CC1CCCC1)S(=O)(=O)CCl. The lowest BCUT2D eigenvalue weighted by molar-refractivity contribution is 0.389. The van der Waals surface area contributed by atoms with Crippen molar-refractivity contribution in [1.82, 2.24) is 4.31 Å². The number of nitrogens with zero attached hydrogens (tertiary/aromatic N) is 1. The monoisotopic (exact) mass is 225 g/mol. The van der Waals surface area contributed by atoms with Crippen LogP contribution < -0.4 is 0 Å². The summed E-state index contributed by atoms with van der Waals surface area (Å²) in [5.41, 5.74) is 0. The summed E-state index contributed by atoms with van der Waals surface area (Å²) in [6.45, 7) is 0.634. The van der Waals surface area contributed by atoms with E-state index in [9.17, 15) is 8.42 Å². The van der Waals surface area contributed by atoms with Crippen molar-refractivity contribution in [2.45, 2.75) is 25.7 Å². The lowest BCUT2D eigenvalue weighted by atomic mass is 10.1. The minimum Gasteiger partial charge on any atom is -0.211 e. The van der Waals surface area contributed by atoms with E-state index >= 15 is 0 Å². The van der Waals surface area contributed by atoms with Crippen LogP contribution in [-0.4, -0.2) is 31.5 Å². The fourth-order valence-corrected chi connectivity index (χ4v) is 2.86. The molecule has 0 unspecified atom stereocenters. The highest BCUT2D eigenvalue weighted by molar-refractivity contribution is 7.90. The highest BCUT2D eigenvalue weighted by Gasteiger charge is 2.22. The van der Waals surface area contributed by atoms with Gasteiger partial charge in [-0.3, -0.25) is 0 Å². The van der Waals surface area contributed by atoms with E-state index in [1.807, 2.05) is 0 Å². The van der Waals surface area contributed by atoms with Crippen molar-refractivity contribution in [3.05, 3.63) is 0 Å². The van der Waals surface area contributed by atoms with Crippen LogP contribution in [0.15, 0.2) is 0 Å². The third-order valence-electron chi connectivity index (χ3n) is 2.60. The Hall–Kier alpha value is 0.200. The molecular weight excluding hydrogens is 210 g/mol. The zero-order chi connectivity index (χ0) is 9.90. The Kier molecular flexibility index (Phi) is 4.01. The molecule has 0 radical (unpaired) electrons. The van der Waals surface area contributed by atoms with Gasteiger partial charge in [0, 0.05) is 13.6 Å². The highest BCUT2D eigenvalue weighted by atomic mass is 35.5. The van der Waals surface area contributed by atoms with E-state index in [1.54, 1.807) is 7.05 Å². The lowest BCUT2D eigenvalue weighted by Crippen LogP contribution is -2.31. The molecule has 0 saturated heterocycles. The molecule has 3 nitrogen and oxygen atoms in total. The van der Waals surface area contributed by atoms with Gasteiger partial charge >= 0.3 is 0 Å². The van der Waals surface area contributed by atoms with E-state index in [1.165, 1.54) is 17.1 Å². The lowest BCUT2D eigenvalue weighted by Gasteiger charge is -2.19. The van der Waals surface area contributed by atoms with Crippen LogP contribution in [-0.2, 0) is 10.0 Å². The first-order valence-electron chi connectivity index (χ1n) is 4.56. The van der Waals surface area contributed by atoms with Crippen LogP contribution in [0.25, 0.3) is 0 Å². The predicted molar refractivity (Wildman–Crippen MR) is 54.2 cm³/mol. The number of rotatable bonds is 4. The van der Waals surface area contributed by atoms with Gasteiger partial charge in [-0.15, -0.1) is 11.6 Å². The third kappa shape index (κ3) is 3.11. The summed E-state index contributed by atoms with van der Waals surface area (Å²) in [5, 5.41) is -0.309. The van der Waals surface area contributed by atoms with Crippen molar-refractivity contribution >= 4 is 21.6 Å². The average molecular weight is 226 g/mol. The number of halogens is 1. The number of hydrogen-bond donors (Lipinski definition) is 0. The van der Waals surface area contributed by atoms with Gasteiger partial charge < -0.3 is 0 Å². The van der Waals surface area contributed by atoms with Gasteiger partial charge in [-0.25, -0.2) is 12.7 Å². The summed E-state index contributed by atoms with van der Waals surface area (Å²) in [5.74, 6) is 0.544. The maximum absolute atomic E-state index is 11.3. The van der Waals surface area contributed by atoms with Crippen LogP contribution in [0.2, 0.25) is 0 Å². The van der Waals surface area contributed by atoms with E-state index < -0.39 is 10.0 Å². The molecule has 0 atom stereocenters. The van der Waals surface area contributed by atoms with E-state index in [2.05, 4.69) is 0 Å². The number of hydrogen-bond acceptors (Lipinski definition) is 2. The summed E-state index contributed by atoms with van der Waals surface area (Å²) >= 11 is 5.34. The maximum atomic E-state index is 11.3. The molecular formula is C8H16ClNO2S. The van der Waals surface area contributed by atoms with Crippen LogP contribution in [0.4, 0.5) is 0 Å².